The number of hydrogen-bond acceptors (Lipinski definition) is 6. The standard InChI is InChI=1S/C24H29N5O3/c1-15-12-23(16(2)11-20(15)17(3)25-31-5)32-14-21-19(13-18-9-10-18)7-6-8-22(21)29-24(30)28(4)26-27-29/h6-8,11-12,18H,9-10,13-14H2,1-5H3/b25-17-. The van der Waals surface area contributed by atoms with E-state index in [-0.39, 0.29) is 5.69 Å². The van der Waals surface area contributed by atoms with Crippen LogP contribution in [0.4, 0.5) is 0 Å². The summed E-state index contributed by atoms with van der Waals surface area (Å²) in [5.74, 6) is 1.50. The van der Waals surface area contributed by atoms with Gasteiger partial charge in [0, 0.05) is 18.2 Å². The molecule has 1 heterocycles. The van der Waals surface area contributed by atoms with Crippen molar-refractivity contribution in [3.8, 4) is 11.4 Å². The molecule has 0 saturated heterocycles. The topological polar surface area (TPSA) is 83.5 Å². The van der Waals surface area contributed by atoms with Crippen molar-refractivity contribution in [2.75, 3.05) is 7.11 Å². The summed E-state index contributed by atoms with van der Waals surface area (Å²) in [6, 6.07) is 10.1. The summed E-state index contributed by atoms with van der Waals surface area (Å²) < 4.78 is 8.89. The van der Waals surface area contributed by atoms with E-state index in [4.69, 9.17) is 9.57 Å². The van der Waals surface area contributed by atoms with Crippen LogP contribution in [-0.4, -0.2) is 32.6 Å². The van der Waals surface area contributed by atoms with E-state index in [0.717, 1.165) is 45.8 Å². The molecule has 1 aliphatic rings. The van der Waals surface area contributed by atoms with Crippen LogP contribution in [0.2, 0.25) is 0 Å². The molecular weight excluding hydrogens is 406 g/mol. The molecular formula is C24H29N5O3. The van der Waals surface area contributed by atoms with Crippen molar-refractivity contribution in [3.63, 3.8) is 0 Å². The molecule has 0 unspecified atom stereocenters. The van der Waals surface area contributed by atoms with Gasteiger partial charge in [-0.2, -0.15) is 9.36 Å². The molecule has 0 atom stereocenters. The predicted molar refractivity (Wildman–Crippen MR) is 122 cm³/mol. The van der Waals surface area contributed by atoms with E-state index in [0.29, 0.717) is 12.5 Å². The highest BCUT2D eigenvalue weighted by atomic mass is 16.6. The third-order valence-corrected chi connectivity index (χ3v) is 5.92. The summed E-state index contributed by atoms with van der Waals surface area (Å²) in [5, 5.41) is 12.0. The van der Waals surface area contributed by atoms with Crippen LogP contribution in [0.3, 0.4) is 0 Å². The van der Waals surface area contributed by atoms with Gasteiger partial charge in [0.05, 0.1) is 11.4 Å². The van der Waals surface area contributed by atoms with Gasteiger partial charge in [-0.3, -0.25) is 0 Å². The van der Waals surface area contributed by atoms with Crippen molar-refractivity contribution in [1.82, 2.24) is 19.8 Å². The molecule has 0 aliphatic heterocycles. The fourth-order valence-corrected chi connectivity index (χ4v) is 3.95. The Balaban J connectivity index is 1.68. The lowest BCUT2D eigenvalue weighted by Crippen LogP contribution is -2.23. The smallest absolute Gasteiger partial charge is 0.368 e. The van der Waals surface area contributed by atoms with E-state index in [1.165, 1.54) is 27.8 Å². The highest BCUT2D eigenvalue weighted by Gasteiger charge is 2.24. The first-order valence-electron chi connectivity index (χ1n) is 10.8. The van der Waals surface area contributed by atoms with Crippen molar-refractivity contribution < 1.29 is 9.57 Å². The third-order valence-electron chi connectivity index (χ3n) is 5.92. The Morgan fingerprint density at radius 3 is 2.62 bits per heavy atom. The summed E-state index contributed by atoms with van der Waals surface area (Å²) in [5.41, 5.74) is 6.51. The Bertz CT molecular complexity index is 1220. The van der Waals surface area contributed by atoms with Gasteiger partial charge in [-0.1, -0.05) is 17.3 Å². The predicted octanol–water partition coefficient (Wildman–Crippen LogP) is 3.48. The van der Waals surface area contributed by atoms with Crippen molar-refractivity contribution in [3.05, 3.63) is 68.6 Å². The van der Waals surface area contributed by atoms with Crippen LogP contribution in [0.5, 0.6) is 5.75 Å². The van der Waals surface area contributed by atoms with E-state index in [9.17, 15) is 4.79 Å². The lowest BCUT2D eigenvalue weighted by atomic mass is 10.00. The molecule has 0 bridgehead atoms. The lowest BCUT2D eigenvalue weighted by Gasteiger charge is -2.17. The van der Waals surface area contributed by atoms with Crippen LogP contribution in [0, 0.1) is 19.8 Å². The number of ether oxygens (including phenoxy) is 1. The molecule has 168 valence electrons. The van der Waals surface area contributed by atoms with Crippen LogP contribution >= 0.6 is 0 Å². The molecule has 1 saturated carbocycles. The number of hydrogen-bond donors (Lipinski definition) is 0. The Morgan fingerprint density at radius 2 is 1.97 bits per heavy atom. The lowest BCUT2D eigenvalue weighted by molar-refractivity contribution is 0.213. The first kappa shape index (κ1) is 21.8. The van der Waals surface area contributed by atoms with Gasteiger partial charge < -0.3 is 9.57 Å². The average molecular weight is 436 g/mol. The highest BCUT2D eigenvalue weighted by molar-refractivity contribution is 6.00. The minimum atomic E-state index is -0.279. The number of aryl methyl sites for hydroxylation is 3. The molecule has 2 aromatic carbocycles. The number of rotatable bonds is 8. The normalized spacial score (nSPS) is 14.0. The second-order valence-electron chi connectivity index (χ2n) is 8.44. The fourth-order valence-electron chi connectivity index (χ4n) is 3.95. The van der Waals surface area contributed by atoms with E-state index in [1.54, 1.807) is 14.2 Å². The molecule has 0 radical (unpaired) electrons. The van der Waals surface area contributed by atoms with Gasteiger partial charge >= 0.3 is 5.69 Å². The van der Waals surface area contributed by atoms with Crippen molar-refractivity contribution >= 4 is 5.71 Å². The summed E-state index contributed by atoms with van der Waals surface area (Å²) in [7, 11) is 3.14. The highest BCUT2D eigenvalue weighted by Crippen LogP contribution is 2.35. The molecule has 8 heteroatoms. The van der Waals surface area contributed by atoms with Gasteiger partial charge in [0.25, 0.3) is 0 Å². The molecule has 8 nitrogen and oxygen atoms in total. The zero-order chi connectivity index (χ0) is 22.8. The van der Waals surface area contributed by atoms with Gasteiger partial charge in [0.1, 0.15) is 19.5 Å². The zero-order valence-electron chi connectivity index (χ0n) is 19.3. The molecule has 1 fully saturated rings. The van der Waals surface area contributed by atoms with E-state index < -0.39 is 0 Å². The van der Waals surface area contributed by atoms with Gasteiger partial charge in [-0.25, -0.2) is 4.79 Å². The van der Waals surface area contributed by atoms with Crippen LogP contribution < -0.4 is 10.4 Å². The number of oxime groups is 1. The Kier molecular flexibility index (Phi) is 6.12. The zero-order valence-corrected chi connectivity index (χ0v) is 19.3. The number of nitrogens with zero attached hydrogens (tertiary/aromatic N) is 5. The summed E-state index contributed by atoms with van der Waals surface area (Å²) in [6.07, 6.45) is 3.47. The van der Waals surface area contributed by atoms with Crippen molar-refractivity contribution in [1.29, 1.82) is 0 Å². The van der Waals surface area contributed by atoms with Crippen LogP contribution in [0.25, 0.3) is 5.69 Å². The first-order valence-corrected chi connectivity index (χ1v) is 10.8. The maximum atomic E-state index is 12.5. The summed E-state index contributed by atoms with van der Waals surface area (Å²) >= 11 is 0. The molecule has 0 amide bonds. The monoisotopic (exact) mass is 435 g/mol. The third kappa shape index (κ3) is 4.44. The first-order chi connectivity index (χ1) is 15.4. The number of benzene rings is 2. The molecule has 4 rings (SSSR count). The van der Waals surface area contributed by atoms with Gasteiger partial charge in [-0.05, 0) is 91.3 Å². The summed E-state index contributed by atoms with van der Waals surface area (Å²) in [6.45, 7) is 6.31. The second-order valence-corrected chi connectivity index (χ2v) is 8.44. The number of tetrazole rings is 1. The molecule has 1 aromatic heterocycles. The van der Waals surface area contributed by atoms with E-state index in [2.05, 4.69) is 27.7 Å². The molecule has 1 aliphatic carbocycles. The fraction of sp³-hybridized carbons (Fsp3) is 0.417. The molecule has 3 aromatic rings. The van der Waals surface area contributed by atoms with Crippen molar-refractivity contribution in [2.24, 2.45) is 18.1 Å². The van der Waals surface area contributed by atoms with Crippen molar-refractivity contribution in [2.45, 2.75) is 46.6 Å². The largest absolute Gasteiger partial charge is 0.489 e. The van der Waals surface area contributed by atoms with Gasteiger partial charge in [-0.15, -0.1) is 0 Å². The quantitative estimate of drug-likeness (QED) is 0.400. The summed E-state index contributed by atoms with van der Waals surface area (Å²) in [4.78, 5) is 17.5. The molecule has 32 heavy (non-hydrogen) atoms. The van der Waals surface area contributed by atoms with E-state index in [1.807, 2.05) is 39.0 Å². The van der Waals surface area contributed by atoms with Gasteiger partial charge in [0.2, 0.25) is 0 Å². The minimum Gasteiger partial charge on any atom is -0.489 e. The SMILES string of the molecule is CO/N=C(/C)c1cc(C)c(OCc2c(CC3CC3)cccc2-n2nnn(C)c2=O)cc1C. The van der Waals surface area contributed by atoms with E-state index >= 15 is 0 Å². The number of aromatic nitrogens is 4. The maximum Gasteiger partial charge on any atom is 0.368 e. The van der Waals surface area contributed by atoms with Crippen LogP contribution in [0.1, 0.15) is 47.6 Å². The van der Waals surface area contributed by atoms with Crippen LogP contribution in [0.15, 0.2) is 40.3 Å². The Hall–Kier alpha value is -3.42. The maximum absolute atomic E-state index is 12.5. The average Bonchev–Trinajstić information content (AvgIpc) is 3.52. The molecule has 0 spiro atoms. The van der Waals surface area contributed by atoms with Gasteiger partial charge in [0.15, 0.2) is 0 Å². The Morgan fingerprint density at radius 1 is 1.19 bits per heavy atom. The minimum absolute atomic E-state index is 0.279. The Labute approximate surface area is 187 Å². The second kappa shape index (κ2) is 8.98. The molecule has 0 N–H and O–H groups in total. The van der Waals surface area contributed by atoms with Crippen LogP contribution in [-0.2, 0) is 24.9 Å².